The first-order chi connectivity index (χ1) is 15.0. The van der Waals surface area contributed by atoms with Gasteiger partial charge in [-0.05, 0) is 66.9 Å². The van der Waals surface area contributed by atoms with Crippen LogP contribution in [0.4, 0.5) is 15.8 Å². The number of carbonyl (C=O) groups excluding carboxylic acids is 2. The lowest BCUT2D eigenvalue weighted by Gasteiger charge is -2.40. The van der Waals surface area contributed by atoms with Gasteiger partial charge in [-0.3, -0.25) is 9.59 Å². The van der Waals surface area contributed by atoms with E-state index in [-0.39, 0.29) is 17.6 Å². The molecule has 4 rings (SSSR count). The maximum absolute atomic E-state index is 13.7. The van der Waals surface area contributed by atoms with Gasteiger partial charge in [0.15, 0.2) is 0 Å². The molecule has 1 fully saturated rings. The van der Waals surface area contributed by atoms with Gasteiger partial charge in [0, 0.05) is 11.3 Å². The molecule has 3 aromatic rings. The second kappa shape index (κ2) is 8.60. The number of hydrogen-bond donors (Lipinski definition) is 2. The Morgan fingerprint density at radius 3 is 2.32 bits per heavy atom. The molecule has 0 radical (unpaired) electrons. The topological polar surface area (TPSA) is 67.4 Å². The van der Waals surface area contributed by atoms with Crippen LogP contribution < -0.4 is 15.4 Å². The van der Waals surface area contributed by atoms with Crippen LogP contribution in [-0.4, -0.2) is 18.9 Å². The Morgan fingerprint density at radius 1 is 0.935 bits per heavy atom. The number of para-hydroxylation sites is 2. The summed E-state index contributed by atoms with van der Waals surface area (Å²) in [6.07, 6.45) is 2.29. The third kappa shape index (κ3) is 4.14. The average Bonchev–Trinajstić information content (AvgIpc) is 2.74. The van der Waals surface area contributed by atoms with Crippen molar-refractivity contribution in [2.24, 2.45) is 0 Å². The van der Waals surface area contributed by atoms with Crippen molar-refractivity contribution in [2.75, 3.05) is 17.7 Å². The van der Waals surface area contributed by atoms with Crippen molar-refractivity contribution < 1.29 is 18.7 Å². The van der Waals surface area contributed by atoms with Gasteiger partial charge in [0.05, 0.1) is 18.2 Å². The molecule has 1 aliphatic carbocycles. The highest BCUT2D eigenvalue weighted by molar-refractivity contribution is 6.05. The average molecular weight is 418 g/mol. The Kier molecular flexibility index (Phi) is 5.71. The normalized spacial score (nSPS) is 14.3. The van der Waals surface area contributed by atoms with Gasteiger partial charge in [-0.15, -0.1) is 0 Å². The van der Waals surface area contributed by atoms with E-state index in [9.17, 15) is 14.0 Å². The van der Waals surface area contributed by atoms with Crippen molar-refractivity contribution >= 4 is 23.2 Å². The lowest BCUT2D eigenvalue weighted by molar-refractivity contribution is -0.124. The molecule has 0 aromatic heterocycles. The fraction of sp³-hybridized carbons (Fsp3) is 0.200. The highest BCUT2D eigenvalue weighted by Crippen LogP contribution is 2.44. The predicted molar refractivity (Wildman–Crippen MR) is 118 cm³/mol. The molecule has 2 amide bonds. The van der Waals surface area contributed by atoms with Crippen molar-refractivity contribution in [1.29, 1.82) is 0 Å². The Balaban J connectivity index is 1.46. The largest absolute Gasteiger partial charge is 0.495 e. The molecule has 0 spiro atoms. The van der Waals surface area contributed by atoms with Crippen LogP contribution in [0, 0.1) is 5.82 Å². The number of amides is 2. The zero-order valence-corrected chi connectivity index (χ0v) is 17.2. The van der Waals surface area contributed by atoms with Crippen LogP contribution in [0.5, 0.6) is 5.75 Å². The van der Waals surface area contributed by atoms with Gasteiger partial charge < -0.3 is 15.4 Å². The zero-order chi connectivity index (χ0) is 21.8. The molecule has 31 heavy (non-hydrogen) atoms. The highest BCUT2D eigenvalue weighted by atomic mass is 19.1. The van der Waals surface area contributed by atoms with E-state index >= 15 is 0 Å². The smallest absolute Gasteiger partial charge is 0.255 e. The number of anilines is 2. The molecule has 2 N–H and O–H groups in total. The van der Waals surface area contributed by atoms with E-state index < -0.39 is 5.41 Å². The summed E-state index contributed by atoms with van der Waals surface area (Å²) in [5, 5.41) is 5.74. The third-order valence-electron chi connectivity index (χ3n) is 5.78. The second-order valence-electron chi connectivity index (χ2n) is 7.63. The van der Waals surface area contributed by atoms with Gasteiger partial charge in [-0.2, -0.15) is 0 Å². The van der Waals surface area contributed by atoms with E-state index in [2.05, 4.69) is 10.6 Å². The minimum absolute atomic E-state index is 0.157. The molecule has 0 unspecified atom stereocenters. The zero-order valence-electron chi connectivity index (χ0n) is 17.2. The highest BCUT2D eigenvalue weighted by Gasteiger charge is 2.45. The maximum atomic E-state index is 13.7. The quantitative estimate of drug-likeness (QED) is 0.582. The predicted octanol–water partition coefficient (Wildman–Crippen LogP) is 5.15. The molecule has 5 nitrogen and oxygen atoms in total. The summed E-state index contributed by atoms with van der Waals surface area (Å²) in [4.78, 5) is 25.6. The first-order valence-corrected chi connectivity index (χ1v) is 10.1. The molecule has 3 aromatic carbocycles. The fourth-order valence-electron chi connectivity index (χ4n) is 3.86. The van der Waals surface area contributed by atoms with E-state index in [1.165, 1.54) is 12.1 Å². The van der Waals surface area contributed by atoms with Crippen molar-refractivity contribution in [3.8, 4) is 5.75 Å². The Morgan fingerprint density at radius 2 is 1.68 bits per heavy atom. The number of hydrogen-bond acceptors (Lipinski definition) is 3. The summed E-state index contributed by atoms with van der Waals surface area (Å²) in [7, 11) is 1.54. The summed E-state index contributed by atoms with van der Waals surface area (Å²) >= 11 is 0. The summed E-state index contributed by atoms with van der Waals surface area (Å²) in [5.41, 5.74) is 1.61. The van der Waals surface area contributed by atoms with Crippen LogP contribution >= 0.6 is 0 Å². The van der Waals surface area contributed by atoms with Crippen LogP contribution in [0.3, 0.4) is 0 Å². The van der Waals surface area contributed by atoms with Gasteiger partial charge >= 0.3 is 0 Å². The van der Waals surface area contributed by atoms with E-state index in [0.717, 1.165) is 6.42 Å². The Bertz CT molecular complexity index is 1110. The van der Waals surface area contributed by atoms with Crippen molar-refractivity contribution in [2.45, 2.75) is 24.7 Å². The monoisotopic (exact) mass is 418 g/mol. The lowest BCUT2D eigenvalue weighted by atomic mass is 9.63. The van der Waals surface area contributed by atoms with Crippen LogP contribution in [0.2, 0.25) is 0 Å². The number of benzene rings is 3. The Labute approximate surface area is 180 Å². The van der Waals surface area contributed by atoms with Crippen LogP contribution in [0.25, 0.3) is 0 Å². The molecular formula is C25H23FN2O3. The van der Waals surface area contributed by atoms with Crippen LogP contribution in [0.15, 0.2) is 72.8 Å². The third-order valence-corrected chi connectivity index (χ3v) is 5.78. The summed E-state index contributed by atoms with van der Waals surface area (Å²) in [5.74, 6) is -0.210. The molecule has 1 saturated carbocycles. The molecule has 1 aliphatic rings. The van der Waals surface area contributed by atoms with E-state index in [1.807, 2.05) is 12.1 Å². The van der Waals surface area contributed by atoms with E-state index in [1.54, 1.807) is 55.6 Å². The lowest BCUT2D eigenvalue weighted by Crippen LogP contribution is -2.46. The molecule has 0 heterocycles. The van der Waals surface area contributed by atoms with Gasteiger partial charge in [-0.1, -0.05) is 30.7 Å². The first kappa shape index (κ1) is 20.6. The number of nitrogens with one attached hydrogen (secondary N) is 2. The van der Waals surface area contributed by atoms with Crippen molar-refractivity contribution in [3.05, 3.63) is 89.7 Å². The van der Waals surface area contributed by atoms with Crippen molar-refractivity contribution in [3.63, 3.8) is 0 Å². The minimum atomic E-state index is -0.706. The Hall–Kier alpha value is -3.67. The van der Waals surface area contributed by atoms with Crippen LogP contribution in [0.1, 0.15) is 35.2 Å². The van der Waals surface area contributed by atoms with E-state index in [0.29, 0.717) is 41.1 Å². The summed E-state index contributed by atoms with van der Waals surface area (Å²) in [6.45, 7) is 0. The minimum Gasteiger partial charge on any atom is -0.495 e. The SMILES string of the molecule is COc1ccccc1NC(=O)c1ccc(NC(=O)C2(c3cccc(F)c3)CCC2)cc1. The second-order valence-corrected chi connectivity index (χ2v) is 7.63. The number of rotatable bonds is 6. The van der Waals surface area contributed by atoms with Gasteiger partial charge in [0.25, 0.3) is 5.91 Å². The van der Waals surface area contributed by atoms with Gasteiger partial charge in [0.2, 0.25) is 5.91 Å². The maximum Gasteiger partial charge on any atom is 0.255 e. The number of methoxy groups -OCH3 is 1. The van der Waals surface area contributed by atoms with Gasteiger partial charge in [0.1, 0.15) is 11.6 Å². The van der Waals surface area contributed by atoms with Gasteiger partial charge in [-0.25, -0.2) is 4.39 Å². The first-order valence-electron chi connectivity index (χ1n) is 10.1. The molecule has 0 aliphatic heterocycles. The van der Waals surface area contributed by atoms with Crippen molar-refractivity contribution in [1.82, 2.24) is 0 Å². The van der Waals surface area contributed by atoms with Crippen LogP contribution in [-0.2, 0) is 10.2 Å². The number of carbonyl (C=O) groups is 2. The molecule has 6 heteroatoms. The molecule has 158 valence electrons. The molecule has 0 atom stereocenters. The van der Waals surface area contributed by atoms with E-state index in [4.69, 9.17) is 4.74 Å². The summed E-state index contributed by atoms with van der Waals surface area (Å²) in [6, 6.07) is 20.1. The fourth-order valence-corrected chi connectivity index (χ4v) is 3.86. The molecule has 0 bridgehead atoms. The molecular weight excluding hydrogens is 395 g/mol. The molecule has 0 saturated heterocycles. The number of halogens is 1. The number of ether oxygens (including phenoxy) is 1. The standard InChI is InChI=1S/C25H23FN2O3/c1-31-22-9-3-2-8-21(22)28-23(29)17-10-12-20(13-11-17)27-24(30)25(14-5-15-25)18-6-4-7-19(26)16-18/h2-4,6-13,16H,5,14-15H2,1H3,(H,27,30)(H,28,29). The summed E-state index contributed by atoms with van der Waals surface area (Å²) < 4.78 is 18.9.